The zero-order valence-corrected chi connectivity index (χ0v) is 10.7. The molecule has 0 radical (unpaired) electrons. The van der Waals surface area contributed by atoms with Crippen LogP contribution in [0.2, 0.25) is 0 Å². The standard InChI is InChI=1S/C11H22BrNO/c1-2-3-4-5-6-7-8-9-10(12)11(13)14/h10H,2-9H2,1H3,(H2,13,14). The van der Waals surface area contributed by atoms with E-state index in [1.165, 1.54) is 38.5 Å². The van der Waals surface area contributed by atoms with Crippen LogP contribution in [0.3, 0.4) is 0 Å². The largest absolute Gasteiger partial charge is 0.369 e. The van der Waals surface area contributed by atoms with Crippen LogP contribution in [0.15, 0.2) is 0 Å². The van der Waals surface area contributed by atoms with Gasteiger partial charge < -0.3 is 5.73 Å². The number of hydrogen-bond donors (Lipinski definition) is 1. The maximum atomic E-state index is 10.7. The first-order valence-electron chi connectivity index (χ1n) is 5.62. The van der Waals surface area contributed by atoms with Crippen LogP contribution in [0.4, 0.5) is 0 Å². The molecule has 0 rings (SSSR count). The molecule has 0 aliphatic heterocycles. The molecule has 0 aromatic rings. The van der Waals surface area contributed by atoms with Crippen LogP contribution in [0.1, 0.15) is 58.3 Å². The van der Waals surface area contributed by atoms with Gasteiger partial charge in [0, 0.05) is 0 Å². The van der Waals surface area contributed by atoms with Crippen molar-refractivity contribution in [2.75, 3.05) is 0 Å². The fourth-order valence-corrected chi connectivity index (χ4v) is 1.75. The van der Waals surface area contributed by atoms with Gasteiger partial charge in [-0.05, 0) is 6.42 Å². The number of alkyl halides is 1. The highest BCUT2D eigenvalue weighted by Crippen LogP contribution is 2.13. The molecule has 0 aliphatic carbocycles. The molecule has 14 heavy (non-hydrogen) atoms. The lowest BCUT2D eigenvalue weighted by atomic mass is 10.1. The molecule has 2 nitrogen and oxygen atoms in total. The summed E-state index contributed by atoms with van der Waals surface area (Å²) in [5, 5.41) is 0. The van der Waals surface area contributed by atoms with Crippen molar-refractivity contribution in [1.29, 1.82) is 0 Å². The first-order valence-corrected chi connectivity index (χ1v) is 6.53. The smallest absolute Gasteiger partial charge is 0.231 e. The normalized spacial score (nSPS) is 12.7. The van der Waals surface area contributed by atoms with Gasteiger partial charge in [-0.1, -0.05) is 67.8 Å². The van der Waals surface area contributed by atoms with E-state index >= 15 is 0 Å². The molecular formula is C11H22BrNO. The fraction of sp³-hybridized carbons (Fsp3) is 0.909. The van der Waals surface area contributed by atoms with Gasteiger partial charge in [0.2, 0.25) is 5.91 Å². The molecule has 1 unspecified atom stereocenters. The summed E-state index contributed by atoms with van der Waals surface area (Å²) in [4.78, 5) is 10.6. The third-order valence-electron chi connectivity index (χ3n) is 2.37. The van der Waals surface area contributed by atoms with Crippen molar-refractivity contribution in [3.63, 3.8) is 0 Å². The van der Waals surface area contributed by atoms with Gasteiger partial charge in [-0.3, -0.25) is 4.79 Å². The highest BCUT2D eigenvalue weighted by atomic mass is 79.9. The van der Waals surface area contributed by atoms with E-state index in [4.69, 9.17) is 5.73 Å². The Kier molecular flexibility index (Phi) is 9.47. The Hall–Kier alpha value is -0.0500. The SMILES string of the molecule is CCCCCCCCCC(Br)C(N)=O. The summed E-state index contributed by atoms with van der Waals surface area (Å²) in [6, 6.07) is 0. The second-order valence-corrected chi connectivity index (χ2v) is 4.89. The molecule has 0 saturated heterocycles. The van der Waals surface area contributed by atoms with E-state index in [1.807, 2.05) is 0 Å². The molecule has 0 aliphatic rings. The van der Waals surface area contributed by atoms with Gasteiger partial charge in [0.1, 0.15) is 0 Å². The maximum absolute atomic E-state index is 10.7. The van der Waals surface area contributed by atoms with Gasteiger partial charge in [0.05, 0.1) is 4.83 Å². The lowest BCUT2D eigenvalue weighted by Crippen LogP contribution is -2.22. The summed E-state index contributed by atoms with van der Waals surface area (Å²) < 4.78 is 0. The molecule has 0 saturated carbocycles. The summed E-state index contributed by atoms with van der Waals surface area (Å²) in [5.41, 5.74) is 5.13. The summed E-state index contributed by atoms with van der Waals surface area (Å²) in [5.74, 6) is -0.240. The van der Waals surface area contributed by atoms with E-state index in [0.29, 0.717) is 0 Å². The van der Waals surface area contributed by atoms with Crippen molar-refractivity contribution in [2.45, 2.75) is 63.1 Å². The van der Waals surface area contributed by atoms with Crippen LogP contribution in [-0.2, 0) is 4.79 Å². The lowest BCUT2D eigenvalue weighted by Gasteiger charge is -2.04. The first kappa shape index (κ1) is 13.9. The Morgan fingerprint density at radius 3 is 2.14 bits per heavy atom. The van der Waals surface area contributed by atoms with Gasteiger partial charge in [-0.2, -0.15) is 0 Å². The van der Waals surface area contributed by atoms with Crippen LogP contribution in [0.25, 0.3) is 0 Å². The van der Waals surface area contributed by atoms with Crippen molar-refractivity contribution in [1.82, 2.24) is 0 Å². The second-order valence-electron chi connectivity index (χ2n) is 3.78. The minimum Gasteiger partial charge on any atom is -0.369 e. The van der Waals surface area contributed by atoms with Crippen LogP contribution in [0.5, 0.6) is 0 Å². The number of unbranched alkanes of at least 4 members (excludes halogenated alkanes) is 6. The summed E-state index contributed by atoms with van der Waals surface area (Å²) in [6.45, 7) is 2.22. The monoisotopic (exact) mass is 263 g/mol. The number of primary amides is 1. The van der Waals surface area contributed by atoms with Gasteiger partial charge in [-0.15, -0.1) is 0 Å². The van der Waals surface area contributed by atoms with Crippen molar-refractivity contribution >= 4 is 21.8 Å². The van der Waals surface area contributed by atoms with Crippen LogP contribution >= 0.6 is 15.9 Å². The van der Waals surface area contributed by atoms with Gasteiger partial charge in [0.15, 0.2) is 0 Å². The molecule has 3 heteroatoms. The molecule has 2 N–H and O–H groups in total. The predicted octanol–water partition coefficient (Wildman–Crippen LogP) is 3.38. The number of hydrogen-bond acceptors (Lipinski definition) is 1. The van der Waals surface area contributed by atoms with E-state index < -0.39 is 0 Å². The quantitative estimate of drug-likeness (QED) is 0.503. The Morgan fingerprint density at radius 1 is 1.14 bits per heavy atom. The predicted molar refractivity (Wildman–Crippen MR) is 64.5 cm³/mol. The van der Waals surface area contributed by atoms with E-state index in [1.54, 1.807) is 0 Å². The van der Waals surface area contributed by atoms with Crippen LogP contribution in [-0.4, -0.2) is 10.7 Å². The van der Waals surface area contributed by atoms with Crippen LogP contribution in [0, 0.1) is 0 Å². The van der Waals surface area contributed by atoms with Gasteiger partial charge in [0.25, 0.3) is 0 Å². The minimum absolute atomic E-state index is 0.127. The van der Waals surface area contributed by atoms with Gasteiger partial charge >= 0.3 is 0 Å². The highest BCUT2D eigenvalue weighted by molar-refractivity contribution is 9.10. The topological polar surface area (TPSA) is 43.1 Å². The molecule has 1 amide bonds. The van der Waals surface area contributed by atoms with Crippen molar-refractivity contribution in [3.05, 3.63) is 0 Å². The zero-order valence-electron chi connectivity index (χ0n) is 9.10. The first-order chi connectivity index (χ1) is 6.68. The molecule has 0 fully saturated rings. The highest BCUT2D eigenvalue weighted by Gasteiger charge is 2.08. The Bertz CT molecular complexity index is 150. The molecule has 1 atom stereocenters. The minimum atomic E-state index is -0.240. The molecule has 0 spiro atoms. The lowest BCUT2D eigenvalue weighted by molar-refractivity contribution is -0.117. The van der Waals surface area contributed by atoms with Crippen molar-refractivity contribution < 1.29 is 4.79 Å². The maximum Gasteiger partial charge on any atom is 0.231 e. The molecular weight excluding hydrogens is 242 g/mol. The number of carbonyl (C=O) groups excluding carboxylic acids is 1. The summed E-state index contributed by atoms with van der Waals surface area (Å²) >= 11 is 3.26. The number of nitrogens with two attached hydrogens (primary N) is 1. The molecule has 84 valence electrons. The number of rotatable bonds is 9. The Morgan fingerprint density at radius 2 is 1.64 bits per heavy atom. The fourth-order valence-electron chi connectivity index (χ4n) is 1.42. The van der Waals surface area contributed by atoms with E-state index in [2.05, 4.69) is 22.9 Å². The number of halogens is 1. The average Bonchev–Trinajstić information content (AvgIpc) is 2.16. The third kappa shape index (κ3) is 8.54. The average molecular weight is 264 g/mol. The van der Waals surface area contributed by atoms with Crippen LogP contribution < -0.4 is 5.73 Å². The second kappa shape index (κ2) is 9.50. The summed E-state index contributed by atoms with van der Waals surface area (Å²) in [7, 11) is 0. The Balaban J connectivity index is 3.09. The number of carbonyl (C=O) groups is 1. The van der Waals surface area contributed by atoms with E-state index in [9.17, 15) is 4.79 Å². The van der Waals surface area contributed by atoms with E-state index in [0.717, 1.165) is 12.8 Å². The third-order valence-corrected chi connectivity index (χ3v) is 3.28. The van der Waals surface area contributed by atoms with Gasteiger partial charge in [-0.25, -0.2) is 0 Å². The summed E-state index contributed by atoms with van der Waals surface area (Å²) in [6.07, 6.45) is 9.82. The van der Waals surface area contributed by atoms with Crippen molar-refractivity contribution in [2.24, 2.45) is 5.73 Å². The van der Waals surface area contributed by atoms with E-state index in [-0.39, 0.29) is 10.7 Å². The molecule has 0 aromatic carbocycles. The zero-order chi connectivity index (χ0) is 10.8. The molecule has 0 heterocycles. The number of amides is 1. The molecule has 0 aromatic heterocycles. The Labute approximate surface area is 95.8 Å². The van der Waals surface area contributed by atoms with Crippen molar-refractivity contribution in [3.8, 4) is 0 Å². The molecule has 0 bridgehead atoms.